The summed E-state index contributed by atoms with van der Waals surface area (Å²) < 4.78 is 2.17. The Hall–Kier alpha value is -2.21. The van der Waals surface area contributed by atoms with Gasteiger partial charge in [-0.3, -0.25) is 9.69 Å². The van der Waals surface area contributed by atoms with Crippen molar-refractivity contribution in [1.82, 2.24) is 25.0 Å². The summed E-state index contributed by atoms with van der Waals surface area (Å²) in [5.41, 5.74) is 1.26. The molecule has 3 heterocycles. The molecule has 2 aliphatic heterocycles. The smallest absolute Gasteiger partial charge is 0.237 e. The predicted molar refractivity (Wildman–Crippen MR) is 94.7 cm³/mol. The fourth-order valence-corrected chi connectivity index (χ4v) is 3.91. The minimum Gasteiger partial charge on any atom is -0.347 e. The molecule has 0 saturated carbocycles. The molecule has 0 spiro atoms. The highest BCUT2D eigenvalue weighted by Gasteiger charge is 2.30. The summed E-state index contributed by atoms with van der Waals surface area (Å²) >= 11 is 0. The Kier molecular flexibility index (Phi) is 4.78. The average molecular weight is 339 g/mol. The van der Waals surface area contributed by atoms with Crippen molar-refractivity contribution in [3.05, 3.63) is 47.5 Å². The van der Waals surface area contributed by atoms with Crippen LogP contribution in [0, 0.1) is 0 Å². The molecule has 1 aromatic carbocycles. The van der Waals surface area contributed by atoms with Crippen molar-refractivity contribution in [3.63, 3.8) is 0 Å². The van der Waals surface area contributed by atoms with Crippen LogP contribution in [-0.4, -0.2) is 38.2 Å². The first kappa shape index (κ1) is 16.3. The lowest BCUT2D eigenvalue weighted by Crippen LogP contribution is -2.43. The molecule has 6 heteroatoms. The van der Waals surface area contributed by atoms with Crippen molar-refractivity contribution < 1.29 is 4.79 Å². The number of nitrogens with one attached hydrogen (secondary N) is 1. The standard InChI is InChI=1S/C19H25N5O/c25-19(20-13-18-22-21-17-10-4-5-12-24(17)18)16-9-6-11-23(16)14-15-7-2-1-3-8-15/h1-3,7-8,16H,4-6,9-14H2,(H,20,25)/t16-/m0/s1. The van der Waals surface area contributed by atoms with E-state index in [-0.39, 0.29) is 11.9 Å². The number of carbonyl (C=O) groups is 1. The lowest BCUT2D eigenvalue weighted by molar-refractivity contribution is -0.125. The maximum atomic E-state index is 12.7. The van der Waals surface area contributed by atoms with Gasteiger partial charge in [-0.25, -0.2) is 0 Å². The minimum absolute atomic E-state index is 0.0380. The second-order valence-electron chi connectivity index (χ2n) is 6.97. The molecule has 2 aliphatic rings. The number of aryl methyl sites for hydroxylation is 1. The van der Waals surface area contributed by atoms with Gasteiger partial charge < -0.3 is 9.88 Å². The van der Waals surface area contributed by atoms with Crippen molar-refractivity contribution in [1.29, 1.82) is 0 Å². The summed E-state index contributed by atoms with van der Waals surface area (Å²) in [4.78, 5) is 15.0. The van der Waals surface area contributed by atoms with E-state index in [4.69, 9.17) is 0 Å². The quantitative estimate of drug-likeness (QED) is 0.904. The Morgan fingerprint density at radius 3 is 2.88 bits per heavy atom. The number of nitrogens with zero attached hydrogens (tertiary/aromatic N) is 4. The molecule has 4 rings (SSSR count). The molecule has 0 radical (unpaired) electrons. The van der Waals surface area contributed by atoms with Crippen molar-refractivity contribution in [2.75, 3.05) is 6.54 Å². The van der Waals surface area contributed by atoms with Gasteiger partial charge in [-0.1, -0.05) is 30.3 Å². The zero-order valence-corrected chi connectivity index (χ0v) is 14.5. The SMILES string of the molecule is O=C(NCc1nnc2n1CCCC2)[C@@H]1CCCN1Cc1ccccc1. The van der Waals surface area contributed by atoms with E-state index in [9.17, 15) is 4.79 Å². The zero-order valence-electron chi connectivity index (χ0n) is 14.5. The van der Waals surface area contributed by atoms with Gasteiger partial charge in [0.25, 0.3) is 0 Å². The highest BCUT2D eigenvalue weighted by atomic mass is 16.2. The van der Waals surface area contributed by atoms with Gasteiger partial charge >= 0.3 is 0 Å². The molecule has 1 amide bonds. The molecule has 132 valence electrons. The first-order chi connectivity index (χ1) is 12.3. The molecule has 1 N–H and O–H groups in total. The van der Waals surface area contributed by atoms with Gasteiger partial charge in [-0.05, 0) is 37.8 Å². The second-order valence-corrected chi connectivity index (χ2v) is 6.97. The highest BCUT2D eigenvalue weighted by Crippen LogP contribution is 2.20. The summed E-state index contributed by atoms with van der Waals surface area (Å²) in [6.45, 7) is 3.26. The fourth-order valence-electron chi connectivity index (χ4n) is 3.91. The summed E-state index contributed by atoms with van der Waals surface area (Å²) in [6.07, 6.45) is 5.34. The second kappa shape index (κ2) is 7.35. The van der Waals surface area contributed by atoms with Crippen LogP contribution in [0.1, 0.15) is 42.9 Å². The number of aromatic nitrogens is 3. The van der Waals surface area contributed by atoms with Gasteiger partial charge in [0.15, 0.2) is 5.82 Å². The topological polar surface area (TPSA) is 63.1 Å². The number of hydrogen-bond donors (Lipinski definition) is 1. The third-order valence-electron chi connectivity index (χ3n) is 5.25. The van der Waals surface area contributed by atoms with E-state index < -0.39 is 0 Å². The molecule has 0 aliphatic carbocycles. The minimum atomic E-state index is -0.0380. The zero-order chi connectivity index (χ0) is 17.1. The lowest BCUT2D eigenvalue weighted by atomic mass is 10.1. The number of likely N-dealkylation sites (tertiary alicyclic amines) is 1. The normalized spacial score (nSPS) is 20.4. The van der Waals surface area contributed by atoms with Gasteiger partial charge in [0, 0.05) is 19.5 Å². The van der Waals surface area contributed by atoms with Crippen LogP contribution in [0.15, 0.2) is 30.3 Å². The predicted octanol–water partition coefficient (Wildman–Crippen LogP) is 1.90. The monoisotopic (exact) mass is 339 g/mol. The molecule has 0 bridgehead atoms. The van der Waals surface area contributed by atoms with Crippen LogP contribution in [0.25, 0.3) is 0 Å². The molecule has 1 aromatic heterocycles. The van der Waals surface area contributed by atoms with Crippen molar-refractivity contribution in [3.8, 4) is 0 Å². The van der Waals surface area contributed by atoms with E-state index >= 15 is 0 Å². The summed E-state index contributed by atoms with van der Waals surface area (Å²) in [5.74, 6) is 2.05. The molecule has 6 nitrogen and oxygen atoms in total. The first-order valence-electron chi connectivity index (χ1n) is 9.28. The van der Waals surface area contributed by atoms with E-state index in [1.807, 2.05) is 6.07 Å². The Morgan fingerprint density at radius 1 is 1.12 bits per heavy atom. The molecule has 25 heavy (non-hydrogen) atoms. The fraction of sp³-hybridized carbons (Fsp3) is 0.526. The van der Waals surface area contributed by atoms with Crippen LogP contribution in [-0.2, 0) is 30.8 Å². The van der Waals surface area contributed by atoms with Gasteiger partial charge in [-0.15, -0.1) is 10.2 Å². The number of amides is 1. The number of benzene rings is 1. The van der Waals surface area contributed by atoms with Crippen LogP contribution in [0.4, 0.5) is 0 Å². The maximum absolute atomic E-state index is 12.7. The molecule has 1 fully saturated rings. The van der Waals surface area contributed by atoms with Gasteiger partial charge in [0.2, 0.25) is 5.91 Å². The van der Waals surface area contributed by atoms with E-state index in [0.29, 0.717) is 6.54 Å². The Balaban J connectivity index is 1.36. The van der Waals surface area contributed by atoms with E-state index in [1.54, 1.807) is 0 Å². The lowest BCUT2D eigenvalue weighted by Gasteiger charge is -2.23. The number of hydrogen-bond acceptors (Lipinski definition) is 4. The molecule has 0 unspecified atom stereocenters. The largest absolute Gasteiger partial charge is 0.347 e. The average Bonchev–Trinajstić information content (AvgIpc) is 3.27. The van der Waals surface area contributed by atoms with E-state index in [0.717, 1.165) is 50.5 Å². The molecule has 1 saturated heterocycles. The number of fused-ring (bicyclic) bond motifs is 1. The summed E-state index contributed by atoms with van der Waals surface area (Å²) in [7, 11) is 0. The maximum Gasteiger partial charge on any atom is 0.237 e. The molecular weight excluding hydrogens is 314 g/mol. The van der Waals surface area contributed by atoms with E-state index in [1.165, 1.54) is 18.4 Å². The van der Waals surface area contributed by atoms with Crippen LogP contribution >= 0.6 is 0 Å². The third kappa shape index (κ3) is 3.58. The number of carbonyl (C=O) groups excluding carboxylic acids is 1. The molecule has 1 atom stereocenters. The summed E-state index contributed by atoms with van der Waals surface area (Å²) in [6, 6.07) is 10.3. The van der Waals surface area contributed by atoms with Crippen LogP contribution in [0.3, 0.4) is 0 Å². The summed E-state index contributed by atoms with van der Waals surface area (Å²) in [5, 5.41) is 11.6. The molecule has 2 aromatic rings. The third-order valence-corrected chi connectivity index (χ3v) is 5.25. The Bertz CT molecular complexity index is 727. The van der Waals surface area contributed by atoms with Crippen LogP contribution in [0.2, 0.25) is 0 Å². The van der Waals surface area contributed by atoms with Gasteiger partial charge in [0.1, 0.15) is 5.82 Å². The Labute approximate surface area is 148 Å². The first-order valence-corrected chi connectivity index (χ1v) is 9.28. The van der Waals surface area contributed by atoms with E-state index in [2.05, 4.69) is 49.2 Å². The highest BCUT2D eigenvalue weighted by molar-refractivity contribution is 5.81. The van der Waals surface area contributed by atoms with Crippen molar-refractivity contribution in [2.24, 2.45) is 0 Å². The van der Waals surface area contributed by atoms with Gasteiger partial charge in [-0.2, -0.15) is 0 Å². The van der Waals surface area contributed by atoms with Crippen LogP contribution < -0.4 is 5.32 Å². The van der Waals surface area contributed by atoms with Gasteiger partial charge in [0.05, 0.1) is 12.6 Å². The molecular formula is C19H25N5O. The number of rotatable bonds is 5. The Morgan fingerprint density at radius 2 is 2.00 bits per heavy atom. The van der Waals surface area contributed by atoms with Crippen LogP contribution in [0.5, 0.6) is 0 Å². The van der Waals surface area contributed by atoms with Crippen molar-refractivity contribution in [2.45, 2.75) is 57.8 Å². The van der Waals surface area contributed by atoms with Crippen molar-refractivity contribution >= 4 is 5.91 Å².